The Morgan fingerprint density at radius 3 is 2.59 bits per heavy atom. The Morgan fingerprint density at radius 2 is 1.88 bits per heavy atom. The standard InChI is InChI=1S/C23H27ClF2N4O3S/c24-16-8-21(34(32,33)29-23-7-3-6-22(26)28-23)17(25)9-19(16)27-18-4-1-2-5-20(18)30-10-13-14(11-30)15(13)12-31/h3,6-9,13-15,18,20,27,31H,1-2,4-5,10-12H2,(H,28,29)/t13-,14+,15?,18-,20-/m0/s1. The first kappa shape index (κ1) is 23.7. The van der Waals surface area contributed by atoms with Crippen molar-refractivity contribution in [2.45, 2.75) is 42.7 Å². The molecular weight excluding hydrogens is 486 g/mol. The number of anilines is 2. The molecule has 1 unspecified atom stereocenters. The number of hydrogen-bond donors (Lipinski definition) is 3. The molecule has 184 valence electrons. The lowest BCUT2D eigenvalue weighted by Gasteiger charge is -2.40. The van der Waals surface area contributed by atoms with Crippen LogP contribution in [0.1, 0.15) is 25.7 Å². The summed E-state index contributed by atoms with van der Waals surface area (Å²) < 4.78 is 55.7. The number of sulfonamides is 1. The van der Waals surface area contributed by atoms with Crippen molar-refractivity contribution in [2.75, 3.05) is 29.7 Å². The van der Waals surface area contributed by atoms with Crippen LogP contribution in [-0.2, 0) is 10.0 Å². The van der Waals surface area contributed by atoms with Gasteiger partial charge >= 0.3 is 0 Å². The highest BCUT2D eigenvalue weighted by Crippen LogP contribution is 2.52. The van der Waals surface area contributed by atoms with Gasteiger partial charge in [0.2, 0.25) is 5.95 Å². The maximum absolute atomic E-state index is 15.0. The van der Waals surface area contributed by atoms with Crippen LogP contribution in [-0.4, -0.2) is 55.2 Å². The molecule has 1 aromatic heterocycles. The summed E-state index contributed by atoms with van der Waals surface area (Å²) in [6.45, 7) is 2.19. The number of halogens is 3. The van der Waals surface area contributed by atoms with Gasteiger partial charge in [-0.05, 0) is 54.9 Å². The second-order valence-electron chi connectivity index (χ2n) is 9.44. The Morgan fingerprint density at radius 1 is 1.15 bits per heavy atom. The Bertz CT molecular complexity index is 1170. The number of benzene rings is 1. The SMILES string of the molecule is O=S(=O)(Nc1cccc(F)n1)c1cc(Cl)c(N[C@H]2CCCC[C@@H]2N2C[C@@H]3C(CO)[C@@H]3C2)cc1F. The maximum atomic E-state index is 15.0. The molecule has 3 N–H and O–H groups in total. The summed E-state index contributed by atoms with van der Waals surface area (Å²) in [5.41, 5.74) is 0.344. The number of pyridine rings is 1. The lowest BCUT2D eigenvalue weighted by Crippen LogP contribution is -2.49. The smallest absolute Gasteiger partial charge is 0.266 e. The molecule has 2 saturated carbocycles. The van der Waals surface area contributed by atoms with Crippen molar-refractivity contribution in [2.24, 2.45) is 17.8 Å². The molecule has 1 saturated heterocycles. The third-order valence-electron chi connectivity index (χ3n) is 7.41. The number of likely N-dealkylation sites (tertiary alicyclic amines) is 1. The van der Waals surface area contributed by atoms with Crippen LogP contribution < -0.4 is 10.0 Å². The van der Waals surface area contributed by atoms with Crippen LogP contribution in [0.4, 0.5) is 20.3 Å². The number of piperidine rings is 1. The van der Waals surface area contributed by atoms with E-state index in [0.717, 1.165) is 57.0 Å². The number of aromatic nitrogens is 1. The van der Waals surface area contributed by atoms with Crippen molar-refractivity contribution in [3.8, 4) is 0 Å². The Hall–Kier alpha value is -2.01. The first-order valence-electron chi connectivity index (χ1n) is 11.5. The molecule has 34 heavy (non-hydrogen) atoms. The number of rotatable bonds is 7. The van der Waals surface area contributed by atoms with Gasteiger partial charge in [0.25, 0.3) is 10.0 Å². The average Bonchev–Trinajstić information content (AvgIpc) is 3.26. The Labute approximate surface area is 202 Å². The fourth-order valence-electron chi connectivity index (χ4n) is 5.64. The van der Waals surface area contributed by atoms with Gasteiger partial charge in [0.1, 0.15) is 16.5 Å². The molecule has 5 rings (SSSR count). The fourth-order valence-corrected chi connectivity index (χ4v) is 7.01. The van der Waals surface area contributed by atoms with E-state index in [-0.39, 0.29) is 29.5 Å². The van der Waals surface area contributed by atoms with Crippen LogP contribution in [0.3, 0.4) is 0 Å². The third-order valence-corrected chi connectivity index (χ3v) is 9.10. The van der Waals surface area contributed by atoms with Gasteiger partial charge in [0, 0.05) is 31.8 Å². The van der Waals surface area contributed by atoms with E-state index in [1.807, 2.05) is 0 Å². The second-order valence-corrected chi connectivity index (χ2v) is 11.5. The van der Waals surface area contributed by atoms with E-state index in [9.17, 15) is 22.3 Å². The van der Waals surface area contributed by atoms with Gasteiger partial charge in [0.15, 0.2) is 0 Å². The van der Waals surface area contributed by atoms with Crippen molar-refractivity contribution in [1.29, 1.82) is 0 Å². The predicted molar refractivity (Wildman–Crippen MR) is 125 cm³/mol. The fraction of sp³-hybridized carbons (Fsp3) is 0.522. The van der Waals surface area contributed by atoms with Gasteiger partial charge in [-0.15, -0.1) is 0 Å². The molecular formula is C23H27ClF2N4O3S. The van der Waals surface area contributed by atoms with Crippen LogP contribution in [0, 0.1) is 29.5 Å². The highest BCUT2D eigenvalue weighted by Gasteiger charge is 2.56. The normalized spacial score (nSPS) is 29.0. The molecule has 5 atom stereocenters. The van der Waals surface area contributed by atoms with E-state index in [4.69, 9.17) is 11.6 Å². The first-order valence-corrected chi connectivity index (χ1v) is 13.4. The lowest BCUT2D eigenvalue weighted by molar-refractivity contribution is 0.142. The van der Waals surface area contributed by atoms with E-state index >= 15 is 0 Å². The molecule has 2 aromatic rings. The third kappa shape index (κ3) is 4.60. The summed E-state index contributed by atoms with van der Waals surface area (Å²) in [5, 5.41) is 12.9. The van der Waals surface area contributed by atoms with Crippen molar-refractivity contribution >= 4 is 33.1 Å². The van der Waals surface area contributed by atoms with Gasteiger partial charge in [-0.2, -0.15) is 4.39 Å². The number of nitrogens with zero attached hydrogens (tertiary/aromatic N) is 2. The lowest BCUT2D eigenvalue weighted by atomic mass is 9.88. The molecule has 0 bridgehead atoms. The van der Waals surface area contributed by atoms with Crippen LogP contribution in [0.5, 0.6) is 0 Å². The predicted octanol–water partition coefficient (Wildman–Crippen LogP) is 3.71. The van der Waals surface area contributed by atoms with Crippen LogP contribution in [0.2, 0.25) is 5.02 Å². The molecule has 0 radical (unpaired) electrons. The zero-order valence-corrected chi connectivity index (χ0v) is 20.0. The molecule has 0 amide bonds. The van der Waals surface area contributed by atoms with Gasteiger partial charge in [-0.3, -0.25) is 9.62 Å². The molecule has 0 spiro atoms. The molecule has 2 aliphatic carbocycles. The van der Waals surface area contributed by atoms with Crippen LogP contribution in [0.15, 0.2) is 35.2 Å². The summed E-state index contributed by atoms with van der Waals surface area (Å²) in [5.74, 6) is -0.509. The van der Waals surface area contributed by atoms with Gasteiger partial charge < -0.3 is 10.4 Å². The van der Waals surface area contributed by atoms with Gasteiger partial charge in [-0.25, -0.2) is 17.8 Å². The maximum Gasteiger partial charge on any atom is 0.266 e. The zero-order chi connectivity index (χ0) is 24.0. The van der Waals surface area contributed by atoms with E-state index in [2.05, 4.69) is 19.9 Å². The molecule has 1 aromatic carbocycles. The topological polar surface area (TPSA) is 94.6 Å². The molecule has 3 fully saturated rings. The average molecular weight is 513 g/mol. The summed E-state index contributed by atoms with van der Waals surface area (Å²) >= 11 is 6.39. The Kier molecular flexibility index (Phi) is 6.43. The highest BCUT2D eigenvalue weighted by atomic mass is 35.5. The summed E-state index contributed by atoms with van der Waals surface area (Å²) in [6, 6.07) is 6.15. The van der Waals surface area contributed by atoms with E-state index in [0.29, 0.717) is 23.4 Å². The number of aliphatic hydroxyl groups excluding tert-OH is 1. The van der Waals surface area contributed by atoms with E-state index in [1.54, 1.807) is 0 Å². The minimum Gasteiger partial charge on any atom is -0.396 e. The zero-order valence-electron chi connectivity index (χ0n) is 18.4. The summed E-state index contributed by atoms with van der Waals surface area (Å²) in [6.07, 6.45) is 4.10. The second kappa shape index (κ2) is 9.22. The van der Waals surface area contributed by atoms with Crippen molar-refractivity contribution in [3.63, 3.8) is 0 Å². The number of nitrogens with one attached hydrogen (secondary N) is 2. The van der Waals surface area contributed by atoms with Crippen LogP contribution >= 0.6 is 11.6 Å². The van der Waals surface area contributed by atoms with E-state index in [1.165, 1.54) is 12.1 Å². The molecule has 3 aliphatic rings. The molecule has 11 heteroatoms. The number of fused-ring (bicyclic) bond motifs is 1. The highest BCUT2D eigenvalue weighted by molar-refractivity contribution is 7.92. The van der Waals surface area contributed by atoms with Crippen molar-refractivity contribution in [1.82, 2.24) is 9.88 Å². The summed E-state index contributed by atoms with van der Waals surface area (Å²) in [4.78, 5) is 5.29. The Balaban J connectivity index is 1.32. The molecule has 7 nitrogen and oxygen atoms in total. The monoisotopic (exact) mass is 512 g/mol. The first-order chi connectivity index (χ1) is 16.3. The molecule has 1 aliphatic heterocycles. The van der Waals surface area contributed by atoms with Gasteiger partial charge in [-0.1, -0.05) is 30.5 Å². The van der Waals surface area contributed by atoms with Crippen molar-refractivity contribution in [3.05, 3.63) is 47.1 Å². The van der Waals surface area contributed by atoms with Crippen LogP contribution in [0.25, 0.3) is 0 Å². The summed E-state index contributed by atoms with van der Waals surface area (Å²) in [7, 11) is -4.36. The minimum atomic E-state index is -4.36. The van der Waals surface area contributed by atoms with E-state index < -0.39 is 26.7 Å². The quantitative estimate of drug-likeness (QED) is 0.490. The largest absolute Gasteiger partial charge is 0.396 e. The number of aliphatic hydroxyl groups is 1. The van der Waals surface area contributed by atoms with Gasteiger partial charge in [0.05, 0.1) is 10.7 Å². The van der Waals surface area contributed by atoms with Crippen molar-refractivity contribution < 1.29 is 22.3 Å². The number of hydrogen-bond acceptors (Lipinski definition) is 6. The molecule has 2 heterocycles. The minimum absolute atomic E-state index is 0.0628.